The van der Waals surface area contributed by atoms with E-state index in [4.69, 9.17) is 4.43 Å². The average Bonchev–Trinajstić information content (AvgIpc) is 2.01. The molecule has 0 radical (unpaired) electrons. The molecule has 70 valence electrons. The zero-order valence-corrected chi connectivity index (χ0v) is 9.20. The molecule has 0 bridgehead atoms. The minimum Gasteiger partial charge on any atom is -0.544 e. The van der Waals surface area contributed by atoms with Crippen LogP contribution in [0.25, 0.3) is 0 Å². The van der Waals surface area contributed by atoms with Gasteiger partial charge >= 0.3 is 0 Å². The van der Waals surface area contributed by atoms with Crippen LogP contribution in [0.1, 0.15) is 10.4 Å². The highest BCUT2D eigenvalue weighted by Gasteiger charge is 2.15. The van der Waals surface area contributed by atoms with Crippen LogP contribution in [-0.2, 0) is 0 Å². The fourth-order valence-electron chi connectivity index (χ4n) is 1.00. The van der Waals surface area contributed by atoms with Crippen LogP contribution in [0.4, 0.5) is 0 Å². The van der Waals surface area contributed by atoms with Crippen molar-refractivity contribution in [2.75, 3.05) is 0 Å². The molecule has 0 fully saturated rings. The number of hydrogen-bond donors (Lipinski definition) is 0. The van der Waals surface area contributed by atoms with Crippen LogP contribution in [0.2, 0.25) is 19.6 Å². The summed E-state index contributed by atoms with van der Waals surface area (Å²) in [7, 11) is -1.55. The van der Waals surface area contributed by atoms with E-state index in [0.29, 0.717) is 5.56 Å². The van der Waals surface area contributed by atoms with Gasteiger partial charge in [-0.15, -0.1) is 0 Å². The van der Waals surface area contributed by atoms with Crippen LogP contribution in [0.5, 0.6) is 5.75 Å². The van der Waals surface area contributed by atoms with Gasteiger partial charge in [0.05, 0.1) is 0 Å². The Bertz CT molecular complexity index is 302. The van der Waals surface area contributed by atoms with Gasteiger partial charge in [-0.25, -0.2) is 0 Å². The fraction of sp³-hybridized carbons (Fsp3) is 0.300. The molecule has 0 heterocycles. The molecule has 0 aliphatic rings. The van der Waals surface area contributed by atoms with Gasteiger partial charge in [0.15, 0.2) is 0 Å². The standard InChI is InChI=1S/C10H14O2Si/c1-13(2,3)12-10-6-4-5-9(7-10)8-11/h4-8H,1-3H3. The lowest BCUT2D eigenvalue weighted by Gasteiger charge is -2.19. The van der Waals surface area contributed by atoms with E-state index in [0.717, 1.165) is 12.0 Å². The SMILES string of the molecule is C[Si](C)(C)Oc1cccc(C=O)c1. The van der Waals surface area contributed by atoms with Crippen molar-refractivity contribution in [2.24, 2.45) is 0 Å². The van der Waals surface area contributed by atoms with Crippen molar-refractivity contribution in [2.45, 2.75) is 19.6 Å². The highest BCUT2D eigenvalue weighted by molar-refractivity contribution is 6.70. The average molecular weight is 194 g/mol. The first kappa shape index (κ1) is 9.99. The Morgan fingerprint density at radius 2 is 2.00 bits per heavy atom. The van der Waals surface area contributed by atoms with E-state index in [2.05, 4.69) is 19.6 Å². The van der Waals surface area contributed by atoms with Gasteiger partial charge < -0.3 is 4.43 Å². The van der Waals surface area contributed by atoms with Crippen LogP contribution in [-0.4, -0.2) is 14.6 Å². The summed E-state index contributed by atoms with van der Waals surface area (Å²) in [5, 5.41) is 0. The van der Waals surface area contributed by atoms with Gasteiger partial charge in [-0.1, -0.05) is 12.1 Å². The summed E-state index contributed by atoms with van der Waals surface area (Å²) in [5.74, 6) is 0.795. The third-order valence-electron chi connectivity index (χ3n) is 1.42. The van der Waals surface area contributed by atoms with Crippen LogP contribution >= 0.6 is 0 Å². The Morgan fingerprint density at radius 3 is 2.54 bits per heavy atom. The predicted octanol–water partition coefficient (Wildman–Crippen LogP) is 2.71. The molecule has 13 heavy (non-hydrogen) atoms. The first-order chi connectivity index (χ1) is 6.01. The van der Waals surface area contributed by atoms with E-state index < -0.39 is 8.32 Å². The molecule has 0 unspecified atom stereocenters. The largest absolute Gasteiger partial charge is 0.544 e. The Labute approximate surface area is 79.7 Å². The zero-order valence-electron chi connectivity index (χ0n) is 8.20. The maximum Gasteiger partial charge on any atom is 0.242 e. The minimum atomic E-state index is -1.55. The highest BCUT2D eigenvalue weighted by atomic mass is 28.4. The van der Waals surface area contributed by atoms with Crippen molar-refractivity contribution < 1.29 is 9.22 Å². The molecule has 0 N–H and O–H groups in total. The van der Waals surface area contributed by atoms with E-state index >= 15 is 0 Å². The van der Waals surface area contributed by atoms with Gasteiger partial charge in [0.1, 0.15) is 12.0 Å². The van der Waals surface area contributed by atoms with E-state index in [9.17, 15) is 4.79 Å². The molecule has 1 aromatic rings. The molecule has 1 aromatic carbocycles. The number of benzene rings is 1. The van der Waals surface area contributed by atoms with E-state index in [1.54, 1.807) is 12.1 Å². The number of rotatable bonds is 3. The van der Waals surface area contributed by atoms with Gasteiger partial charge in [0.2, 0.25) is 8.32 Å². The quantitative estimate of drug-likeness (QED) is 0.546. The highest BCUT2D eigenvalue weighted by Crippen LogP contribution is 2.16. The Kier molecular flexibility index (Phi) is 2.88. The summed E-state index contributed by atoms with van der Waals surface area (Å²) in [6.45, 7) is 6.34. The molecule has 3 heteroatoms. The number of hydrogen-bond acceptors (Lipinski definition) is 2. The number of carbonyl (C=O) groups excluding carboxylic acids is 1. The Balaban J connectivity index is 2.84. The van der Waals surface area contributed by atoms with E-state index in [1.165, 1.54) is 0 Å². The van der Waals surface area contributed by atoms with Crippen molar-refractivity contribution in [1.29, 1.82) is 0 Å². The van der Waals surface area contributed by atoms with Gasteiger partial charge in [-0.05, 0) is 31.8 Å². The molecule has 0 amide bonds. The Hall–Kier alpha value is -1.09. The lowest BCUT2D eigenvalue weighted by atomic mass is 10.2. The topological polar surface area (TPSA) is 26.3 Å². The summed E-state index contributed by atoms with van der Waals surface area (Å²) in [6.07, 6.45) is 0.830. The van der Waals surface area contributed by atoms with Crippen molar-refractivity contribution in [3.8, 4) is 5.75 Å². The number of aldehydes is 1. The van der Waals surface area contributed by atoms with Crippen molar-refractivity contribution in [1.82, 2.24) is 0 Å². The Morgan fingerprint density at radius 1 is 1.31 bits per heavy atom. The second kappa shape index (κ2) is 3.74. The molecular weight excluding hydrogens is 180 g/mol. The van der Waals surface area contributed by atoms with Gasteiger partial charge in [0.25, 0.3) is 0 Å². The van der Waals surface area contributed by atoms with Crippen LogP contribution in [0, 0.1) is 0 Å². The molecule has 1 rings (SSSR count). The van der Waals surface area contributed by atoms with Gasteiger partial charge in [-0.3, -0.25) is 4.79 Å². The van der Waals surface area contributed by atoms with E-state index in [1.807, 2.05) is 12.1 Å². The third-order valence-corrected chi connectivity index (χ3v) is 2.27. The van der Waals surface area contributed by atoms with Crippen LogP contribution in [0.3, 0.4) is 0 Å². The van der Waals surface area contributed by atoms with Gasteiger partial charge in [-0.2, -0.15) is 0 Å². The predicted molar refractivity (Wildman–Crippen MR) is 55.8 cm³/mol. The number of carbonyl (C=O) groups is 1. The molecule has 0 aromatic heterocycles. The molecule has 0 aliphatic heterocycles. The first-order valence-electron chi connectivity index (χ1n) is 4.25. The lowest BCUT2D eigenvalue weighted by molar-refractivity contribution is 0.112. The summed E-state index contributed by atoms with van der Waals surface area (Å²) in [6, 6.07) is 7.25. The molecule has 2 nitrogen and oxygen atoms in total. The smallest absolute Gasteiger partial charge is 0.242 e. The summed E-state index contributed by atoms with van der Waals surface area (Å²) < 4.78 is 5.72. The second-order valence-electron chi connectivity index (χ2n) is 3.90. The van der Waals surface area contributed by atoms with Crippen molar-refractivity contribution >= 4 is 14.6 Å². The van der Waals surface area contributed by atoms with Crippen LogP contribution < -0.4 is 4.43 Å². The van der Waals surface area contributed by atoms with Crippen molar-refractivity contribution in [3.63, 3.8) is 0 Å². The summed E-state index contributed by atoms with van der Waals surface area (Å²) in [4.78, 5) is 10.5. The molecule has 0 atom stereocenters. The lowest BCUT2D eigenvalue weighted by Crippen LogP contribution is -2.29. The van der Waals surface area contributed by atoms with Crippen LogP contribution in [0.15, 0.2) is 24.3 Å². The first-order valence-corrected chi connectivity index (χ1v) is 7.66. The normalized spacial score (nSPS) is 11.0. The van der Waals surface area contributed by atoms with Gasteiger partial charge in [0, 0.05) is 5.56 Å². The monoisotopic (exact) mass is 194 g/mol. The molecule has 0 spiro atoms. The minimum absolute atomic E-state index is 0.663. The molecule has 0 saturated heterocycles. The van der Waals surface area contributed by atoms with E-state index in [-0.39, 0.29) is 0 Å². The maximum absolute atomic E-state index is 10.5. The summed E-state index contributed by atoms with van der Waals surface area (Å²) in [5.41, 5.74) is 0.663. The summed E-state index contributed by atoms with van der Waals surface area (Å²) >= 11 is 0. The third kappa shape index (κ3) is 3.42. The zero-order chi connectivity index (χ0) is 9.90. The second-order valence-corrected chi connectivity index (χ2v) is 8.33. The molecule has 0 aliphatic carbocycles. The maximum atomic E-state index is 10.5. The van der Waals surface area contributed by atoms with Crippen molar-refractivity contribution in [3.05, 3.63) is 29.8 Å². The molecular formula is C10H14O2Si. The molecule has 0 saturated carbocycles. The fourth-order valence-corrected chi connectivity index (χ4v) is 1.84.